The second kappa shape index (κ2) is 4.37. The van der Waals surface area contributed by atoms with E-state index in [9.17, 15) is 9.90 Å². The largest absolute Gasteiger partial charge is 1.00 e. The van der Waals surface area contributed by atoms with Crippen LogP contribution in [0.1, 0.15) is 12.8 Å². The zero-order valence-corrected chi connectivity index (χ0v) is 5.74. The molecule has 1 aliphatic rings. The Bertz CT molecular complexity index is 140. The van der Waals surface area contributed by atoms with Crippen molar-refractivity contribution in [2.24, 2.45) is 5.16 Å². The van der Waals surface area contributed by atoms with Crippen LogP contribution in [0.3, 0.4) is 0 Å². The number of rotatable bonds is 2. The first-order chi connectivity index (χ1) is 4.29. The number of nitrogens with zero attached hydrogens (tertiary/aromatic N) is 1. The third kappa shape index (κ3) is 2.90. The number of hydrogen-bond donors (Lipinski definition) is 0. The van der Waals surface area contributed by atoms with Crippen molar-refractivity contribution in [1.29, 1.82) is 0 Å². The molecule has 0 aromatic rings. The van der Waals surface area contributed by atoms with Crippen molar-refractivity contribution < 1.29 is 33.6 Å². The number of oxime groups is 1. The van der Waals surface area contributed by atoms with E-state index in [-0.39, 0.29) is 31.4 Å². The first-order valence-corrected chi connectivity index (χ1v) is 2.66. The maximum atomic E-state index is 9.91. The maximum absolute atomic E-state index is 9.91. The molecule has 5 heteroatoms. The van der Waals surface area contributed by atoms with Crippen LogP contribution in [0, 0.1) is 0 Å². The summed E-state index contributed by atoms with van der Waals surface area (Å²) in [6, 6.07) is 0. The molecule has 1 heterocycles. The van der Waals surface area contributed by atoms with Crippen LogP contribution in [0.4, 0.5) is 0 Å². The van der Waals surface area contributed by atoms with Gasteiger partial charge < -0.3 is 14.7 Å². The molecule has 1 rings (SSSR count). The van der Waals surface area contributed by atoms with Crippen LogP contribution in [0.5, 0.6) is 0 Å². The minimum absolute atomic E-state index is 0. The Kier molecular flexibility index (Phi) is 4.17. The van der Waals surface area contributed by atoms with E-state index in [0.29, 0.717) is 6.42 Å². The first-order valence-electron chi connectivity index (χ1n) is 2.66. The van der Waals surface area contributed by atoms with Gasteiger partial charge in [0.1, 0.15) is 6.10 Å². The van der Waals surface area contributed by atoms with E-state index >= 15 is 0 Å². The van der Waals surface area contributed by atoms with E-state index in [1.54, 1.807) is 6.21 Å². The normalized spacial score (nSPS) is 21.4. The van der Waals surface area contributed by atoms with Crippen molar-refractivity contribution >= 4 is 12.2 Å². The Hall–Kier alpha value is -0.463. The van der Waals surface area contributed by atoms with Crippen molar-refractivity contribution in [3.63, 3.8) is 0 Å². The van der Waals surface area contributed by atoms with E-state index in [4.69, 9.17) is 0 Å². The van der Waals surface area contributed by atoms with E-state index < -0.39 is 5.97 Å². The molecule has 0 spiro atoms. The molecule has 0 N–H and O–H groups in total. The Morgan fingerprint density at radius 2 is 2.60 bits per heavy atom. The number of carbonyl (C=O) groups is 1. The molecule has 1 aliphatic heterocycles. The van der Waals surface area contributed by atoms with E-state index in [1.165, 1.54) is 0 Å². The second-order valence-electron chi connectivity index (χ2n) is 1.83. The minimum atomic E-state index is -1.09. The maximum Gasteiger partial charge on any atom is 1.00 e. The van der Waals surface area contributed by atoms with Crippen LogP contribution >= 0.6 is 0 Å². The summed E-state index contributed by atoms with van der Waals surface area (Å²) in [5.41, 5.74) is 0. The molecule has 0 aromatic carbocycles. The molecule has 0 amide bonds. The molecule has 0 bridgehead atoms. The fourth-order valence-electron chi connectivity index (χ4n) is 0.639. The topological polar surface area (TPSA) is 61.7 Å². The monoisotopic (exact) mass is 135 g/mol. The fourth-order valence-corrected chi connectivity index (χ4v) is 0.639. The van der Waals surface area contributed by atoms with Gasteiger partial charge in [-0.1, -0.05) is 5.16 Å². The zero-order chi connectivity index (χ0) is 6.69. The predicted octanol–water partition coefficient (Wildman–Crippen LogP) is -4.09. The molecule has 10 heavy (non-hydrogen) atoms. The van der Waals surface area contributed by atoms with Gasteiger partial charge in [-0.15, -0.1) is 0 Å². The summed E-state index contributed by atoms with van der Waals surface area (Å²) < 4.78 is 0. The molecular weight excluding hydrogens is 129 g/mol. The summed E-state index contributed by atoms with van der Waals surface area (Å²) in [7, 11) is 0. The van der Waals surface area contributed by atoms with Crippen LogP contribution in [0.15, 0.2) is 5.16 Å². The van der Waals surface area contributed by atoms with E-state index in [2.05, 4.69) is 9.99 Å². The van der Waals surface area contributed by atoms with Crippen molar-refractivity contribution in [3.05, 3.63) is 0 Å². The molecule has 1 atom stereocenters. The van der Waals surface area contributed by atoms with Gasteiger partial charge in [-0.2, -0.15) is 0 Å². The average molecular weight is 135 g/mol. The van der Waals surface area contributed by atoms with Crippen molar-refractivity contribution in [1.82, 2.24) is 0 Å². The number of carbonyl (C=O) groups excluding carboxylic acids is 1. The average Bonchev–Trinajstić information content (AvgIpc) is 2.15. The van der Waals surface area contributed by atoms with Crippen LogP contribution in [-0.4, -0.2) is 18.3 Å². The summed E-state index contributed by atoms with van der Waals surface area (Å²) in [4.78, 5) is 14.5. The van der Waals surface area contributed by atoms with E-state index in [1.807, 2.05) is 0 Å². The number of aliphatic carboxylic acids is 1. The van der Waals surface area contributed by atoms with Crippen molar-refractivity contribution in [2.45, 2.75) is 18.9 Å². The number of hydrogen-bond acceptors (Lipinski definition) is 4. The number of carboxylic acids is 1. The molecule has 0 saturated carbocycles. The van der Waals surface area contributed by atoms with Crippen LogP contribution < -0.4 is 24.0 Å². The molecular formula is C5H6LiNO3. The zero-order valence-electron chi connectivity index (χ0n) is 5.74. The Morgan fingerprint density at radius 1 is 1.90 bits per heavy atom. The van der Waals surface area contributed by atoms with Crippen LogP contribution in [-0.2, 0) is 9.63 Å². The standard InChI is InChI=1S/C5H7NO3.Li/c7-5(8)3-4-1-2-6-9-4;/h2,4H,1,3H2,(H,7,8);/q;+1/p-1. The van der Waals surface area contributed by atoms with Crippen LogP contribution in [0.25, 0.3) is 0 Å². The smallest absolute Gasteiger partial charge is 0.550 e. The molecule has 50 valence electrons. The molecule has 0 aliphatic carbocycles. The first kappa shape index (κ1) is 9.54. The second-order valence-corrected chi connectivity index (χ2v) is 1.83. The third-order valence-electron chi connectivity index (χ3n) is 1.05. The molecule has 0 radical (unpaired) electrons. The minimum Gasteiger partial charge on any atom is -0.550 e. The van der Waals surface area contributed by atoms with Gasteiger partial charge in [-0.25, -0.2) is 0 Å². The molecule has 4 nitrogen and oxygen atoms in total. The van der Waals surface area contributed by atoms with E-state index in [0.717, 1.165) is 0 Å². The van der Waals surface area contributed by atoms with Gasteiger partial charge >= 0.3 is 18.9 Å². The number of carboxylic acid groups (broad SMARTS) is 1. The summed E-state index contributed by atoms with van der Waals surface area (Å²) in [5, 5.41) is 13.3. The van der Waals surface area contributed by atoms with Gasteiger partial charge in [-0.05, 0) is 0 Å². The molecule has 0 saturated heterocycles. The van der Waals surface area contributed by atoms with Gasteiger partial charge in [0.15, 0.2) is 0 Å². The van der Waals surface area contributed by atoms with Crippen molar-refractivity contribution in [2.75, 3.05) is 0 Å². The summed E-state index contributed by atoms with van der Waals surface area (Å²) in [5.74, 6) is -1.09. The molecule has 0 fully saturated rings. The summed E-state index contributed by atoms with van der Waals surface area (Å²) >= 11 is 0. The van der Waals surface area contributed by atoms with Crippen LogP contribution in [0.2, 0.25) is 0 Å². The predicted molar refractivity (Wildman–Crippen MR) is 27.6 cm³/mol. The van der Waals surface area contributed by atoms with Gasteiger partial charge in [0.25, 0.3) is 0 Å². The Balaban J connectivity index is 0.000000810. The SMILES string of the molecule is O=C([O-])CC1CC=NO1.[Li+]. The fraction of sp³-hybridized carbons (Fsp3) is 0.600. The van der Waals surface area contributed by atoms with Gasteiger partial charge in [0.2, 0.25) is 0 Å². The third-order valence-corrected chi connectivity index (χ3v) is 1.05. The molecule has 1 unspecified atom stereocenters. The Morgan fingerprint density at radius 3 is 3.00 bits per heavy atom. The quantitative estimate of drug-likeness (QED) is 0.361. The van der Waals surface area contributed by atoms with Gasteiger partial charge in [0.05, 0.1) is 0 Å². The summed E-state index contributed by atoms with van der Waals surface area (Å²) in [6.07, 6.45) is 1.76. The Labute approximate surface area is 70.4 Å². The van der Waals surface area contributed by atoms with Gasteiger partial charge in [-0.3, -0.25) is 0 Å². The van der Waals surface area contributed by atoms with Gasteiger partial charge in [0, 0.05) is 25.0 Å². The molecule has 0 aromatic heterocycles. The summed E-state index contributed by atoms with van der Waals surface area (Å²) in [6.45, 7) is 0. The van der Waals surface area contributed by atoms with Crippen molar-refractivity contribution in [3.8, 4) is 0 Å².